The highest BCUT2D eigenvalue weighted by Gasteiger charge is 2.21. The molecule has 4 heterocycles. The van der Waals surface area contributed by atoms with Crippen LogP contribution in [0.4, 0.5) is 11.9 Å². The SMILES string of the molecule is CC1=C(Nc2nc(SC3=CC=C(Cl)CC3)nc(N3CCN(C)CC3)n2)C=C(c2ccco2)NC1. The van der Waals surface area contributed by atoms with Crippen LogP contribution in [-0.4, -0.2) is 59.6 Å². The minimum Gasteiger partial charge on any atom is -0.463 e. The monoisotopic (exact) mass is 497 g/mol. The quantitative estimate of drug-likeness (QED) is 0.601. The molecule has 0 saturated carbocycles. The summed E-state index contributed by atoms with van der Waals surface area (Å²) in [7, 11) is 2.14. The van der Waals surface area contributed by atoms with E-state index in [1.165, 1.54) is 10.5 Å². The summed E-state index contributed by atoms with van der Waals surface area (Å²) < 4.78 is 5.57. The van der Waals surface area contributed by atoms with E-state index in [-0.39, 0.29) is 0 Å². The summed E-state index contributed by atoms with van der Waals surface area (Å²) in [4.78, 5) is 20.1. The lowest BCUT2D eigenvalue weighted by Gasteiger charge is -2.32. The van der Waals surface area contributed by atoms with E-state index in [4.69, 9.17) is 31.0 Å². The Morgan fingerprint density at radius 2 is 1.97 bits per heavy atom. The first-order valence-corrected chi connectivity index (χ1v) is 12.6. The number of halogens is 1. The lowest BCUT2D eigenvalue weighted by molar-refractivity contribution is 0.311. The molecule has 10 heteroatoms. The fraction of sp³-hybridized carbons (Fsp3) is 0.375. The third-order valence-electron chi connectivity index (χ3n) is 6.00. The lowest BCUT2D eigenvalue weighted by atomic mass is 10.1. The number of allylic oxidation sites excluding steroid dienone is 5. The number of piperazine rings is 1. The minimum atomic E-state index is 0.544. The van der Waals surface area contributed by atoms with Gasteiger partial charge in [0.1, 0.15) is 5.76 Å². The van der Waals surface area contributed by atoms with Crippen LogP contribution in [0, 0.1) is 0 Å². The highest BCUT2D eigenvalue weighted by atomic mass is 35.5. The molecular weight excluding hydrogens is 470 g/mol. The smallest absolute Gasteiger partial charge is 0.233 e. The van der Waals surface area contributed by atoms with Crippen molar-refractivity contribution in [1.82, 2.24) is 25.2 Å². The molecule has 0 unspecified atom stereocenters. The van der Waals surface area contributed by atoms with E-state index in [0.29, 0.717) is 23.6 Å². The molecular formula is C24H28ClN7OS. The molecule has 2 aromatic heterocycles. The Morgan fingerprint density at radius 3 is 2.71 bits per heavy atom. The van der Waals surface area contributed by atoms with Crippen molar-refractivity contribution in [3.63, 3.8) is 0 Å². The fourth-order valence-electron chi connectivity index (χ4n) is 3.89. The van der Waals surface area contributed by atoms with Gasteiger partial charge >= 0.3 is 0 Å². The Balaban J connectivity index is 1.44. The molecule has 2 N–H and O–H groups in total. The van der Waals surface area contributed by atoms with Gasteiger partial charge in [-0.05, 0) is 61.6 Å². The van der Waals surface area contributed by atoms with Crippen LogP contribution in [0.2, 0.25) is 0 Å². The summed E-state index contributed by atoms with van der Waals surface area (Å²) in [5.74, 6) is 2.05. The normalized spacial score (nSPS) is 19.4. The molecule has 0 radical (unpaired) electrons. The summed E-state index contributed by atoms with van der Waals surface area (Å²) in [5.41, 5.74) is 3.06. The van der Waals surface area contributed by atoms with Crippen molar-refractivity contribution in [2.75, 3.05) is 50.0 Å². The minimum absolute atomic E-state index is 0.544. The second-order valence-corrected chi connectivity index (χ2v) is 10.2. The Bertz CT molecular complexity index is 1160. The van der Waals surface area contributed by atoms with Crippen LogP contribution in [0.3, 0.4) is 0 Å². The number of rotatable bonds is 6. The molecule has 0 atom stereocenters. The second kappa shape index (κ2) is 10.2. The van der Waals surface area contributed by atoms with Crippen molar-refractivity contribution >= 4 is 41.0 Å². The maximum absolute atomic E-state index is 6.14. The average molecular weight is 498 g/mol. The molecule has 1 aliphatic carbocycles. The van der Waals surface area contributed by atoms with E-state index in [1.807, 2.05) is 24.3 Å². The van der Waals surface area contributed by atoms with Crippen LogP contribution in [0.25, 0.3) is 5.70 Å². The number of dihydropyridines is 1. The first kappa shape index (κ1) is 23.0. The van der Waals surface area contributed by atoms with Crippen LogP contribution >= 0.6 is 23.4 Å². The maximum atomic E-state index is 6.14. The predicted molar refractivity (Wildman–Crippen MR) is 138 cm³/mol. The Labute approximate surface area is 208 Å². The molecule has 0 spiro atoms. The molecule has 2 aliphatic heterocycles. The molecule has 2 aromatic rings. The Hall–Kier alpha value is -2.75. The fourth-order valence-corrected chi connectivity index (χ4v) is 4.88. The van der Waals surface area contributed by atoms with E-state index in [2.05, 4.69) is 40.5 Å². The van der Waals surface area contributed by atoms with Gasteiger partial charge in [-0.3, -0.25) is 0 Å². The largest absolute Gasteiger partial charge is 0.463 e. The van der Waals surface area contributed by atoms with E-state index in [9.17, 15) is 0 Å². The van der Waals surface area contributed by atoms with Crippen LogP contribution in [0.5, 0.6) is 0 Å². The van der Waals surface area contributed by atoms with Gasteiger partial charge < -0.3 is 24.9 Å². The number of likely N-dealkylation sites (N-methyl/N-ethyl adjacent to an activating group) is 1. The van der Waals surface area contributed by atoms with Crippen molar-refractivity contribution in [2.45, 2.75) is 24.9 Å². The van der Waals surface area contributed by atoms with Crippen LogP contribution < -0.4 is 15.5 Å². The molecule has 1 fully saturated rings. The van der Waals surface area contributed by atoms with E-state index >= 15 is 0 Å². The van der Waals surface area contributed by atoms with Crippen molar-refractivity contribution in [3.05, 3.63) is 63.6 Å². The van der Waals surface area contributed by atoms with Crippen LogP contribution in [-0.2, 0) is 0 Å². The second-order valence-electron chi connectivity index (χ2n) is 8.59. The predicted octanol–water partition coefficient (Wildman–Crippen LogP) is 4.44. The summed E-state index contributed by atoms with van der Waals surface area (Å²) in [5, 5.41) is 8.42. The maximum Gasteiger partial charge on any atom is 0.233 e. The van der Waals surface area contributed by atoms with Gasteiger partial charge in [0, 0.05) is 43.5 Å². The van der Waals surface area contributed by atoms with Gasteiger partial charge in [0.05, 0.1) is 12.0 Å². The zero-order chi connectivity index (χ0) is 23.5. The van der Waals surface area contributed by atoms with Crippen LogP contribution in [0.1, 0.15) is 25.5 Å². The van der Waals surface area contributed by atoms with Crippen molar-refractivity contribution in [1.29, 1.82) is 0 Å². The van der Waals surface area contributed by atoms with Gasteiger partial charge in [-0.25, -0.2) is 0 Å². The van der Waals surface area contributed by atoms with E-state index in [0.717, 1.165) is 61.2 Å². The average Bonchev–Trinajstić information content (AvgIpc) is 3.37. The number of thioether (sulfide) groups is 1. The lowest BCUT2D eigenvalue weighted by Crippen LogP contribution is -2.45. The number of furan rings is 1. The highest BCUT2D eigenvalue weighted by Crippen LogP contribution is 2.33. The zero-order valence-corrected chi connectivity index (χ0v) is 20.9. The van der Waals surface area contributed by atoms with Gasteiger partial charge in [0.25, 0.3) is 0 Å². The highest BCUT2D eigenvalue weighted by molar-refractivity contribution is 8.02. The molecule has 0 amide bonds. The molecule has 178 valence electrons. The molecule has 3 aliphatic rings. The van der Waals surface area contributed by atoms with Crippen molar-refractivity contribution in [3.8, 4) is 0 Å². The summed E-state index contributed by atoms with van der Waals surface area (Å²) in [6, 6.07) is 3.83. The van der Waals surface area contributed by atoms with Crippen LogP contribution in [0.15, 0.2) is 67.4 Å². The van der Waals surface area contributed by atoms with Gasteiger partial charge in [-0.15, -0.1) is 0 Å². The molecule has 34 heavy (non-hydrogen) atoms. The molecule has 8 nitrogen and oxygen atoms in total. The Morgan fingerprint density at radius 1 is 1.12 bits per heavy atom. The first-order valence-electron chi connectivity index (χ1n) is 11.4. The number of anilines is 2. The standard InChI is InChI=1S/C24H28ClN7OS/c1-16-15-26-20(21-4-3-13-33-21)14-19(16)27-22-28-23(32-11-9-31(2)10-12-32)30-24(29-22)34-18-7-5-17(25)6-8-18/h3-5,7,13-14,26H,6,8-12,15H2,1-2H3,(H,27,28,29,30). The third-order valence-corrected chi connectivity index (χ3v) is 7.28. The third kappa shape index (κ3) is 5.48. The summed E-state index contributed by atoms with van der Waals surface area (Å²) >= 11 is 7.72. The number of hydrogen-bond donors (Lipinski definition) is 2. The molecule has 0 aromatic carbocycles. The van der Waals surface area contributed by atoms with Gasteiger partial charge in [-0.1, -0.05) is 29.4 Å². The number of aromatic nitrogens is 3. The topological polar surface area (TPSA) is 82.4 Å². The van der Waals surface area contributed by atoms with Gasteiger partial charge in [0.15, 0.2) is 5.16 Å². The first-order chi connectivity index (χ1) is 16.5. The van der Waals surface area contributed by atoms with Gasteiger partial charge in [-0.2, -0.15) is 15.0 Å². The zero-order valence-electron chi connectivity index (χ0n) is 19.3. The van der Waals surface area contributed by atoms with Crippen molar-refractivity contribution < 1.29 is 4.42 Å². The number of nitrogens with one attached hydrogen (secondary N) is 2. The summed E-state index contributed by atoms with van der Waals surface area (Å²) in [6.45, 7) is 6.55. The van der Waals surface area contributed by atoms with E-state index in [1.54, 1.807) is 18.0 Å². The van der Waals surface area contributed by atoms with Gasteiger partial charge in [0.2, 0.25) is 11.9 Å². The van der Waals surface area contributed by atoms with E-state index < -0.39 is 0 Å². The molecule has 1 saturated heterocycles. The summed E-state index contributed by atoms with van der Waals surface area (Å²) in [6.07, 6.45) is 9.47. The Kier molecular flexibility index (Phi) is 6.94. The van der Waals surface area contributed by atoms with Crippen molar-refractivity contribution in [2.24, 2.45) is 0 Å². The molecule has 0 bridgehead atoms. The number of nitrogens with zero attached hydrogens (tertiary/aromatic N) is 5. The number of hydrogen-bond acceptors (Lipinski definition) is 9. The molecule has 5 rings (SSSR count).